The molecular weight excluding hydrogens is 326 g/mol. The lowest BCUT2D eigenvalue weighted by Gasteiger charge is -2.16. The van der Waals surface area contributed by atoms with Gasteiger partial charge in [-0.05, 0) is 37.5 Å². The van der Waals surface area contributed by atoms with E-state index in [2.05, 4.69) is 20.2 Å². The Balaban J connectivity index is 1.61. The first kappa shape index (κ1) is 17.3. The van der Waals surface area contributed by atoms with Crippen molar-refractivity contribution in [1.29, 1.82) is 0 Å². The van der Waals surface area contributed by atoms with Crippen LogP contribution >= 0.6 is 0 Å². The van der Waals surface area contributed by atoms with Gasteiger partial charge in [0.1, 0.15) is 11.6 Å². The van der Waals surface area contributed by atoms with Gasteiger partial charge in [0.2, 0.25) is 11.9 Å². The van der Waals surface area contributed by atoms with Crippen molar-refractivity contribution in [2.45, 2.75) is 32.7 Å². The van der Waals surface area contributed by atoms with Gasteiger partial charge < -0.3 is 10.2 Å². The second-order valence-electron chi connectivity index (χ2n) is 6.18. The van der Waals surface area contributed by atoms with Crippen LogP contribution in [-0.4, -0.2) is 29.0 Å². The number of carbonyl (C=O) groups is 1. The molecule has 0 radical (unpaired) electrons. The van der Waals surface area contributed by atoms with E-state index in [4.69, 9.17) is 0 Å². The Bertz CT molecular complexity index is 776. The topological polar surface area (TPSA) is 58.1 Å². The maximum absolute atomic E-state index is 13.6. The third-order valence-electron chi connectivity index (χ3n) is 4.12. The summed E-state index contributed by atoms with van der Waals surface area (Å²) in [7, 11) is 0. The number of benzene rings is 1. The van der Waals surface area contributed by atoms with Crippen LogP contribution in [0.25, 0.3) is 0 Å². The monoisotopic (exact) mass is 346 g/mol. The molecule has 1 aromatic carbocycles. The number of anilines is 1. The second-order valence-corrected chi connectivity index (χ2v) is 6.18. The van der Waals surface area contributed by atoms with Crippen molar-refractivity contribution in [1.82, 2.24) is 15.3 Å². The number of hydrogen-bond donors (Lipinski definition) is 1. The largest absolute Gasteiger partial charge is 0.350 e. The molecule has 0 atom stereocenters. The van der Waals surface area contributed by atoms with E-state index in [1.807, 2.05) is 13.0 Å². The summed E-state index contributed by atoms with van der Waals surface area (Å²) in [5, 5.41) is 2.73. The van der Waals surface area contributed by atoms with Gasteiger partial charge in [-0.25, -0.2) is 18.7 Å². The minimum atomic E-state index is -0.718. The van der Waals surface area contributed by atoms with Crippen LogP contribution in [0.1, 0.15) is 29.8 Å². The Morgan fingerprint density at radius 2 is 1.96 bits per heavy atom. The first-order chi connectivity index (χ1) is 12.0. The van der Waals surface area contributed by atoms with E-state index in [0.29, 0.717) is 11.6 Å². The lowest BCUT2D eigenvalue weighted by molar-refractivity contribution is -0.120. The van der Waals surface area contributed by atoms with Crippen LogP contribution in [0.15, 0.2) is 24.3 Å². The molecule has 1 fully saturated rings. The third-order valence-corrected chi connectivity index (χ3v) is 4.12. The number of halogens is 2. The molecule has 1 N–H and O–H groups in total. The number of amides is 1. The molecule has 0 unspecified atom stereocenters. The van der Waals surface area contributed by atoms with Crippen LogP contribution in [0.5, 0.6) is 0 Å². The highest BCUT2D eigenvalue weighted by atomic mass is 19.1. The van der Waals surface area contributed by atoms with E-state index >= 15 is 0 Å². The molecule has 0 aliphatic carbocycles. The summed E-state index contributed by atoms with van der Waals surface area (Å²) < 4.78 is 26.5. The van der Waals surface area contributed by atoms with Crippen LogP contribution in [0.3, 0.4) is 0 Å². The number of carbonyl (C=O) groups excluding carboxylic acids is 1. The van der Waals surface area contributed by atoms with Crippen LogP contribution in [0.4, 0.5) is 14.7 Å². The average Bonchev–Trinajstić information content (AvgIpc) is 3.10. The second kappa shape index (κ2) is 7.55. The van der Waals surface area contributed by atoms with E-state index in [9.17, 15) is 13.6 Å². The Morgan fingerprint density at radius 1 is 1.20 bits per heavy atom. The van der Waals surface area contributed by atoms with Gasteiger partial charge in [-0.3, -0.25) is 4.79 Å². The fraction of sp³-hybridized carbons (Fsp3) is 0.389. The zero-order chi connectivity index (χ0) is 17.8. The first-order valence-corrected chi connectivity index (χ1v) is 8.31. The molecule has 1 aliphatic heterocycles. The molecule has 0 saturated carbocycles. The molecule has 1 amide bonds. The third kappa shape index (κ3) is 4.49. The molecular formula is C18H20F2N4O. The molecule has 2 aromatic rings. The van der Waals surface area contributed by atoms with Crippen molar-refractivity contribution in [3.8, 4) is 0 Å². The summed E-state index contributed by atoms with van der Waals surface area (Å²) in [6.45, 7) is 4.02. The fourth-order valence-electron chi connectivity index (χ4n) is 2.86. The first-order valence-electron chi connectivity index (χ1n) is 8.31. The molecule has 1 aromatic heterocycles. The number of hydrogen-bond acceptors (Lipinski definition) is 4. The molecule has 1 aliphatic rings. The zero-order valence-corrected chi connectivity index (χ0v) is 14.1. The van der Waals surface area contributed by atoms with Gasteiger partial charge in [-0.15, -0.1) is 0 Å². The number of nitrogens with one attached hydrogen (secondary N) is 1. The highest BCUT2D eigenvalue weighted by Gasteiger charge is 2.16. The maximum atomic E-state index is 13.6. The van der Waals surface area contributed by atoms with Crippen molar-refractivity contribution >= 4 is 11.9 Å². The normalized spacial score (nSPS) is 14.0. The van der Waals surface area contributed by atoms with Gasteiger partial charge >= 0.3 is 0 Å². The van der Waals surface area contributed by atoms with Crippen molar-refractivity contribution in [2.75, 3.05) is 18.0 Å². The Kier molecular flexibility index (Phi) is 5.21. The minimum absolute atomic E-state index is 0.144. The molecule has 1 saturated heterocycles. The molecule has 5 nitrogen and oxygen atoms in total. The standard InChI is InChI=1S/C18H20F2N4O/c1-12-8-15(23-18(22-12)24-6-2-3-7-24)11-21-17(25)9-13-4-5-14(19)10-16(13)20/h4-5,8,10H,2-3,6-7,9,11H2,1H3,(H,21,25). The van der Waals surface area contributed by atoms with Gasteiger partial charge in [-0.2, -0.15) is 0 Å². The van der Waals surface area contributed by atoms with Gasteiger partial charge in [0.05, 0.1) is 18.7 Å². The van der Waals surface area contributed by atoms with Gasteiger partial charge in [0.25, 0.3) is 0 Å². The summed E-state index contributed by atoms with van der Waals surface area (Å²) in [6, 6.07) is 5.02. The fourth-order valence-corrected chi connectivity index (χ4v) is 2.86. The van der Waals surface area contributed by atoms with E-state index < -0.39 is 11.6 Å². The van der Waals surface area contributed by atoms with E-state index in [0.717, 1.165) is 43.8 Å². The summed E-state index contributed by atoms with van der Waals surface area (Å²) in [5.74, 6) is -1.03. The van der Waals surface area contributed by atoms with Gasteiger partial charge in [-0.1, -0.05) is 6.07 Å². The number of nitrogens with zero attached hydrogens (tertiary/aromatic N) is 3. The predicted octanol–water partition coefficient (Wildman–Crippen LogP) is 2.52. The Labute approximate surface area is 145 Å². The average molecular weight is 346 g/mol. The van der Waals surface area contributed by atoms with Gasteiger partial charge in [0, 0.05) is 24.8 Å². The van der Waals surface area contributed by atoms with Crippen molar-refractivity contribution in [2.24, 2.45) is 0 Å². The van der Waals surface area contributed by atoms with Crippen LogP contribution in [-0.2, 0) is 17.8 Å². The summed E-state index contributed by atoms with van der Waals surface area (Å²) in [5.41, 5.74) is 1.71. The Hall–Kier alpha value is -2.57. The van der Waals surface area contributed by atoms with Crippen molar-refractivity contribution in [3.05, 3.63) is 52.9 Å². The van der Waals surface area contributed by atoms with E-state index in [1.165, 1.54) is 6.07 Å². The van der Waals surface area contributed by atoms with Crippen LogP contribution in [0.2, 0.25) is 0 Å². The van der Waals surface area contributed by atoms with E-state index in [1.54, 1.807) is 0 Å². The quantitative estimate of drug-likeness (QED) is 0.904. The molecule has 7 heteroatoms. The highest BCUT2D eigenvalue weighted by Crippen LogP contribution is 2.16. The molecule has 0 bridgehead atoms. The molecule has 2 heterocycles. The maximum Gasteiger partial charge on any atom is 0.225 e. The summed E-state index contributed by atoms with van der Waals surface area (Å²) in [6.07, 6.45) is 2.12. The summed E-state index contributed by atoms with van der Waals surface area (Å²) >= 11 is 0. The van der Waals surface area contributed by atoms with Crippen molar-refractivity contribution in [3.63, 3.8) is 0 Å². The zero-order valence-electron chi connectivity index (χ0n) is 14.1. The number of rotatable bonds is 5. The van der Waals surface area contributed by atoms with Crippen LogP contribution < -0.4 is 10.2 Å². The number of aryl methyl sites for hydroxylation is 1. The van der Waals surface area contributed by atoms with E-state index in [-0.39, 0.29) is 24.4 Å². The summed E-state index contributed by atoms with van der Waals surface area (Å²) in [4.78, 5) is 23.1. The number of aromatic nitrogens is 2. The van der Waals surface area contributed by atoms with Crippen LogP contribution in [0, 0.1) is 18.6 Å². The smallest absolute Gasteiger partial charge is 0.225 e. The highest BCUT2D eigenvalue weighted by molar-refractivity contribution is 5.78. The lowest BCUT2D eigenvalue weighted by Crippen LogP contribution is -2.26. The minimum Gasteiger partial charge on any atom is -0.350 e. The molecule has 25 heavy (non-hydrogen) atoms. The van der Waals surface area contributed by atoms with Crippen molar-refractivity contribution < 1.29 is 13.6 Å². The predicted molar refractivity (Wildman–Crippen MR) is 90.1 cm³/mol. The lowest BCUT2D eigenvalue weighted by atomic mass is 10.1. The van der Waals surface area contributed by atoms with Gasteiger partial charge in [0.15, 0.2) is 0 Å². The Morgan fingerprint density at radius 3 is 2.68 bits per heavy atom. The molecule has 132 valence electrons. The molecule has 3 rings (SSSR count). The molecule has 0 spiro atoms. The SMILES string of the molecule is Cc1cc(CNC(=O)Cc2ccc(F)cc2F)nc(N2CCCC2)n1.